The first-order valence-corrected chi connectivity index (χ1v) is 12.1. The van der Waals surface area contributed by atoms with Crippen molar-refractivity contribution in [3.8, 4) is 11.4 Å². The minimum Gasteiger partial charge on any atom is -0.337 e. The molecule has 0 radical (unpaired) electrons. The summed E-state index contributed by atoms with van der Waals surface area (Å²) in [5.74, 6) is -0.570. The molecule has 1 saturated heterocycles. The second-order valence-corrected chi connectivity index (χ2v) is 10.2. The van der Waals surface area contributed by atoms with Gasteiger partial charge in [0.25, 0.3) is 0 Å². The van der Waals surface area contributed by atoms with Gasteiger partial charge in [-0.1, -0.05) is 16.8 Å². The van der Waals surface area contributed by atoms with Crippen LogP contribution >= 0.6 is 11.6 Å². The third-order valence-corrected chi connectivity index (χ3v) is 7.64. The molecule has 1 unspecified atom stereocenters. The first kappa shape index (κ1) is 23.3. The van der Waals surface area contributed by atoms with E-state index in [1.807, 2.05) is 0 Å². The molecule has 1 aliphatic rings. The molecule has 0 spiro atoms. The molecular formula is C22H22ClFN4O4S. The lowest BCUT2D eigenvalue weighted by atomic mass is 9.98. The van der Waals surface area contributed by atoms with E-state index in [0.717, 1.165) is 17.7 Å². The van der Waals surface area contributed by atoms with Gasteiger partial charge in [-0.25, -0.2) is 12.8 Å². The Morgan fingerprint density at radius 1 is 1.21 bits per heavy atom. The first-order chi connectivity index (χ1) is 15.7. The Labute approximate surface area is 196 Å². The highest BCUT2D eigenvalue weighted by molar-refractivity contribution is 7.89. The fourth-order valence-electron chi connectivity index (χ4n) is 3.75. The van der Waals surface area contributed by atoms with Crippen molar-refractivity contribution in [3.63, 3.8) is 0 Å². The number of sulfonamides is 1. The van der Waals surface area contributed by atoms with Crippen LogP contribution in [0.4, 0.5) is 4.39 Å². The lowest BCUT2D eigenvalue weighted by molar-refractivity contribution is -0.136. The van der Waals surface area contributed by atoms with Crippen molar-refractivity contribution in [2.75, 3.05) is 20.1 Å². The fourth-order valence-corrected chi connectivity index (χ4v) is 5.40. The smallest absolute Gasteiger partial charge is 0.246 e. The summed E-state index contributed by atoms with van der Waals surface area (Å²) < 4.78 is 45.6. The van der Waals surface area contributed by atoms with Crippen LogP contribution in [0.3, 0.4) is 0 Å². The summed E-state index contributed by atoms with van der Waals surface area (Å²) in [6, 6.07) is 11.7. The number of piperidine rings is 1. The van der Waals surface area contributed by atoms with Gasteiger partial charge in [0.05, 0.1) is 17.4 Å². The van der Waals surface area contributed by atoms with E-state index in [1.165, 1.54) is 21.3 Å². The van der Waals surface area contributed by atoms with Gasteiger partial charge in [-0.05, 0) is 61.4 Å². The van der Waals surface area contributed by atoms with Crippen molar-refractivity contribution in [3.05, 3.63) is 65.3 Å². The zero-order valence-electron chi connectivity index (χ0n) is 17.8. The molecular weight excluding hydrogens is 471 g/mol. The van der Waals surface area contributed by atoms with Crippen molar-refractivity contribution in [2.24, 2.45) is 5.92 Å². The van der Waals surface area contributed by atoms with Gasteiger partial charge in [-0.2, -0.15) is 9.29 Å². The van der Waals surface area contributed by atoms with E-state index in [9.17, 15) is 17.6 Å². The van der Waals surface area contributed by atoms with Gasteiger partial charge in [0.15, 0.2) is 0 Å². The SMILES string of the molecule is CN(Cc1nc(-c2ccc(Cl)cc2)no1)C(=O)C1CCCN(S(=O)(=O)c2ccc(F)cc2)C1. The van der Waals surface area contributed by atoms with Crippen LogP contribution in [-0.4, -0.2) is 53.8 Å². The van der Waals surface area contributed by atoms with Gasteiger partial charge in [0, 0.05) is 30.7 Å². The van der Waals surface area contributed by atoms with Crippen molar-refractivity contribution in [1.29, 1.82) is 0 Å². The summed E-state index contributed by atoms with van der Waals surface area (Å²) >= 11 is 5.90. The van der Waals surface area contributed by atoms with Crippen LogP contribution in [-0.2, 0) is 21.4 Å². The van der Waals surface area contributed by atoms with E-state index in [0.29, 0.717) is 30.2 Å². The van der Waals surface area contributed by atoms with E-state index in [1.54, 1.807) is 31.3 Å². The molecule has 174 valence electrons. The van der Waals surface area contributed by atoms with Crippen molar-refractivity contribution < 1.29 is 22.1 Å². The maximum atomic E-state index is 13.2. The third kappa shape index (κ3) is 5.23. The van der Waals surface area contributed by atoms with Crippen LogP contribution in [0, 0.1) is 11.7 Å². The van der Waals surface area contributed by atoms with E-state index >= 15 is 0 Å². The molecule has 1 amide bonds. The molecule has 33 heavy (non-hydrogen) atoms. The molecule has 1 aliphatic heterocycles. The molecule has 2 heterocycles. The van der Waals surface area contributed by atoms with Gasteiger partial charge in [-0.3, -0.25) is 4.79 Å². The molecule has 4 rings (SSSR count). The van der Waals surface area contributed by atoms with Gasteiger partial charge in [0.1, 0.15) is 5.82 Å². The summed E-state index contributed by atoms with van der Waals surface area (Å²) in [4.78, 5) is 18.8. The average Bonchev–Trinajstić information content (AvgIpc) is 3.27. The quantitative estimate of drug-likeness (QED) is 0.521. The largest absolute Gasteiger partial charge is 0.337 e. The number of nitrogens with zero attached hydrogens (tertiary/aromatic N) is 4. The Bertz CT molecular complexity index is 1230. The van der Waals surface area contributed by atoms with Crippen LogP contribution in [0.25, 0.3) is 11.4 Å². The Hall–Kier alpha value is -2.82. The number of carbonyl (C=O) groups excluding carboxylic acids is 1. The molecule has 0 aliphatic carbocycles. The number of amides is 1. The number of halogens is 2. The minimum absolute atomic E-state index is 0.00550. The molecule has 1 atom stereocenters. The molecule has 11 heteroatoms. The Morgan fingerprint density at radius 3 is 2.61 bits per heavy atom. The van der Waals surface area contributed by atoms with Crippen LogP contribution in [0.15, 0.2) is 57.9 Å². The van der Waals surface area contributed by atoms with Gasteiger partial charge in [0.2, 0.25) is 27.6 Å². The molecule has 8 nitrogen and oxygen atoms in total. The summed E-state index contributed by atoms with van der Waals surface area (Å²) in [5.41, 5.74) is 0.734. The summed E-state index contributed by atoms with van der Waals surface area (Å²) in [6.45, 7) is 0.463. The summed E-state index contributed by atoms with van der Waals surface area (Å²) in [6.07, 6.45) is 1.12. The third-order valence-electron chi connectivity index (χ3n) is 5.50. The average molecular weight is 493 g/mol. The first-order valence-electron chi connectivity index (χ1n) is 10.3. The predicted molar refractivity (Wildman–Crippen MR) is 119 cm³/mol. The number of benzene rings is 2. The number of hydrogen-bond donors (Lipinski definition) is 0. The van der Waals surface area contributed by atoms with E-state index < -0.39 is 21.8 Å². The van der Waals surface area contributed by atoms with Crippen molar-refractivity contribution >= 4 is 27.5 Å². The molecule has 1 fully saturated rings. The van der Waals surface area contributed by atoms with E-state index in [2.05, 4.69) is 10.1 Å². The normalized spacial score (nSPS) is 17.1. The molecule has 0 N–H and O–H groups in total. The van der Waals surface area contributed by atoms with E-state index in [4.69, 9.17) is 16.1 Å². The number of aromatic nitrogens is 2. The van der Waals surface area contributed by atoms with Gasteiger partial charge >= 0.3 is 0 Å². The van der Waals surface area contributed by atoms with Crippen LogP contribution in [0.5, 0.6) is 0 Å². The molecule has 0 saturated carbocycles. The number of hydrogen-bond acceptors (Lipinski definition) is 6. The molecule has 2 aromatic carbocycles. The highest BCUT2D eigenvalue weighted by Crippen LogP contribution is 2.26. The maximum Gasteiger partial charge on any atom is 0.246 e. The van der Waals surface area contributed by atoms with Crippen molar-refractivity contribution in [1.82, 2.24) is 19.3 Å². The van der Waals surface area contributed by atoms with Crippen LogP contribution in [0.2, 0.25) is 5.02 Å². The second-order valence-electron chi connectivity index (χ2n) is 7.87. The zero-order chi connectivity index (χ0) is 23.6. The Kier molecular flexibility index (Phi) is 6.78. The number of carbonyl (C=O) groups is 1. The maximum absolute atomic E-state index is 13.2. The molecule has 3 aromatic rings. The monoisotopic (exact) mass is 492 g/mol. The standard InChI is InChI=1S/C22H22ClFN4O4S/c1-27(14-20-25-21(26-32-20)15-4-6-17(23)7-5-15)22(29)16-3-2-12-28(13-16)33(30,31)19-10-8-18(24)9-11-19/h4-11,16H,2-3,12-14H2,1H3. The lowest BCUT2D eigenvalue weighted by Crippen LogP contribution is -2.45. The minimum atomic E-state index is -3.81. The van der Waals surface area contributed by atoms with Crippen LogP contribution in [0.1, 0.15) is 18.7 Å². The lowest BCUT2D eigenvalue weighted by Gasteiger charge is -2.33. The topological polar surface area (TPSA) is 96.6 Å². The summed E-state index contributed by atoms with van der Waals surface area (Å²) in [5, 5.41) is 4.54. The second kappa shape index (κ2) is 9.58. The molecule has 1 aromatic heterocycles. The highest BCUT2D eigenvalue weighted by atomic mass is 35.5. The van der Waals surface area contributed by atoms with E-state index in [-0.39, 0.29) is 29.8 Å². The fraction of sp³-hybridized carbons (Fsp3) is 0.318. The molecule has 0 bridgehead atoms. The highest BCUT2D eigenvalue weighted by Gasteiger charge is 2.34. The van der Waals surface area contributed by atoms with Crippen LogP contribution < -0.4 is 0 Å². The Balaban J connectivity index is 1.41. The van der Waals surface area contributed by atoms with Crippen molar-refractivity contribution in [2.45, 2.75) is 24.3 Å². The van der Waals surface area contributed by atoms with Gasteiger partial charge in [-0.15, -0.1) is 0 Å². The van der Waals surface area contributed by atoms with Gasteiger partial charge < -0.3 is 9.42 Å². The predicted octanol–water partition coefficient (Wildman–Crippen LogP) is 3.59. The Morgan fingerprint density at radius 2 is 1.91 bits per heavy atom. The number of rotatable bonds is 6. The summed E-state index contributed by atoms with van der Waals surface area (Å²) in [7, 11) is -2.20. The zero-order valence-corrected chi connectivity index (χ0v) is 19.4.